The van der Waals surface area contributed by atoms with E-state index in [1.54, 1.807) is 0 Å². The molecule has 0 nitrogen and oxygen atoms in total. The summed E-state index contributed by atoms with van der Waals surface area (Å²) in [5.41, 5.74) is 0. The Hall–Kier alpha value is 2.93. The van der Waals surface area contributed by atoms with Gasteiger partial charge in [0.2, 0.25) is 0 Å². The fraction of sp³-hybridized carbons (Fsp3) is 0. The Labute approximate surface area is 70.0 Å². The van der Waals surface area contributed by atoms with E-state index in [4.69, 9.17) is 20.4 Å². The third kappa shape index (κ3) is 19.6. The molecule has 0 saturated heterocycles. The van der Waals surface area contributed by atoms with Gasteiger partial charge in [-0.1, -0.05) is 0 Å². The van der Waals surface area contributed by atoms with Crippen molar-refractivity contribution in [2.24, 2.45) is 0 Å². The molecule has 0 heterocycles. The van der Waals surface area contributed by atoms with Crippen LogP contribution < -0.4 is 0 Å². The minimum absolute atomic E-state index is 0. The third-order valence-corrected chi connectivity index (χ3v) is 0. The SMILES string of the molecule is [Cl][La]([Cl])[Cl].[InH3]. The first-order valence-electron chi connectivity index (χ1n) is 0.655. The van der Waals surface area contributed by atoms with Crippen LogP contribution in [0.2, 0.25) is 0 Å². The van der Waals surface area contributed by atoms with Gasteiger partial charge >= 0.3 is 71.9 Å². The minimum atomic E-state index is -2.31. The number of hydrogen-bond donors (Lipinski definition) is 0. The van der Waals surface area contributed by atoms with Gasteiger partial charge in [-0.05, 0) is 0 Å². The van der Waals surface area contributed by atoms with Crippen molar-refractivity contribution in [2.45, 2.75) is 0 Å². The maximum atomic E-state index is 5.03. The Balaban J connectivity index is 0. The molecule has 0 unspecified atom stereocenters. The average Bonchev–Trinajstić information content (AvgIpc) is 0.811. The zero-order chi connectivity index (χ0) is 3.58. The molecule has 0 radical (unpaired) electrons. The van der Waals surface area contributed by atoms with Gasteiger partial charge in [-0.3, -0.25) is 0 Å². The van der Waals surface area contributed by atoms with Crippen molar-refractivity contribution in [3.05, 3.63) is 0 Å². The summed E-state index contributed by atoms with van der Waals surface area (Å²) in [6.45, 7) is 15.1. The molecule has 0 bridgehead atoms. The van der Waals surface area contributed by atoms with Gasteiger partial charge in [-0.2, -0.15) is 0 Å². The van der Waals surface area contributed by atoms with E-state index >= 15 is 0 Å². The van der Waals surface area contributed by atoms with E-state index in [-0.39, 0.29) is 25.8 Å². The van der Waals surface area contributed by atoms with E-state index in [2.05, 4.69) is 0 Å². The van der Waals surface area contributed by atoms with E-state index in [0.717, 1.165) is 0 Å². The summed E-state index contributed by atoms with van der Waals surface area (Å²) >= 11 is -2.31. The Morgan fingerprint density at radius 1 is 1.00 bits per heavy atom. The predicted molar refractivity (Wildman–Crippen MR) is 27.5 cm³/mol. The summed E-state index contributed by atoms with van der Waals surface area (Å²) in [7, 11) is 0. The van der Waals surface area contributed by atoms with E-state index in [1.807, 2.05) is 0 Å². The number of halogens is 3. The van der Waals surface area contributed by atoms with Crippen LogP contribution in [-0.2, 0) is 0 Å². The summed E-state index contributed by atoms with van der Waals surface area (Å²) in [4.78, 5) is 0. The molecule has 5 heavy (non-hydrogen) atoms. The van der Waals surface area contributed by atoms with Gasteiger partial charge in [0.15, 0.2) is 0 Å². The van der Waals surface area contributed by atoms with Gasteiger partial charge in [0.05, 0.1) is 0 Å². The van der Waals surface area contributed by atoms with Crippen LogP contribution in [0.5, 0.6) is 0 Å². The van der Waals surface area contributed by atoms with E-state index < -0.39 is 25.7 Å². The summed E-state index contributed by atoms with van der Waals surface area (Å²) in [5, 5.41) is 0. The summed E-state index contributed by atoms with van der Waals surface area (Å²) < 4.78 is 0. The molecule has 0 aromatic carbocycles. The molecule has 0 N–H and O–H groups in total. The molecule has 5 heteroatoms. The number of rotatable bonds is 0. The number of hydrogen-bond acceptors (Lipinski definition) is 0. The van der Waals surface area contributed by atoms with Gasteiger partial charge in [0, 0.05) is 0 Å². The van der Waals surface area contributed by atoms with Crippen molar-refractivity contribution in [3.63, 3.8) is 0 Å². The molecule has 0 saturated carbocycles. The van der Waals surface area contributed by atoms with Crippen molar-refractivity contribution in [1.29, 1.82) is 0 Å². The maximum absolute atomic E-state index is 5.03. The van der Waals surface area contributed by atoms with Crippen LogP contribution >= 0.6 is 20.4 Å². The first-order valence-corrected chi connectivity index (χ1v) is 14.3. The second kappa shape index (κ2) is 6.93. The van der Waals surface area contributed by atoms with E-state index in [1.165, 1.54) is 0 Å². The van der Waals surface area contributed by atoms with Crippen molar-refractivity contribution in [2.75, 3.05) is 0 Å². The van der Waals surface area contributed by atoms with Crippen molar-refractivity contribution >= 4 is 46.2 Å². The monoisotopic (exact) mass is 362 g/mol. The van der Waals surface area contributed by atoms with Crippen molar-refractivity contribution in [3.8, 4) is 0 Å². The molecule has 0 rings (SSSR count). The van der Waals surface area contributed by atoms with E-state index in [0.29, 0.717) is 0 Å². The average molecular weight is 363 g/mol. The Bertz CT molecular complexity index is 11.6. The Morgan fingerprint density at radius 2 is 1.00 bits per heavy atom. The van der Waals surface area contributed by atoms with Crippen LogP contribution in [0.3, 0.4) is 0 Å². The van der Waals surface area contributed by atoms with Crippen LogP contribution in [0.25, 0.3) is 0 Å². The first-order chi connectivity index (χ1) is 1.73. The molecular formula is H3Cl3InLa. The Kier molecular flexibility index (Phi) is 15.0. The van der Waals surface area contributed by atoms with E-state index in [9.17, 15) is 0 Å². The van der Waals surface area contributed by atoms with Gasteiger partial charge in [0.25, 0.3) is 0 Å². The molecule has 0 aromatic rings. The standard InChI is InChI=1S/3ClH.In.La.3H/h3*1H;;;;;/q;;;;+3;;;/p-3. The molecule has 0 aliphatic carbocycles. The van der Waals surface area contributed by atoms with Crippen molar-refractivity contribution in [1.82, 2.24) is 0 Å². The van der Waals surface area contributed by atoms with Crippen LogP contribution in [0.15, 0.2) is 0 Å². The summed E-state index contributed by atoms with van der Waals surface area (Å²) in [5.74, 6) is 0. The summed E-state index contributed by atoms with van der Waals surface area (Å²) in [6.07, 6.45) is 0. The van der Waals surface area contributed by atoms with Crippen LogP contribution in [0.1, 0.15) is 0 Å². The van der Waals surface area contributed by atoms with Gasteiger partial charge < -0.3 is 0 Å². The first kappa shape index (κ1) is 10.8. The quantitative estimate of drug-likeness (QED) is 0.600. The van der Waals surface area contributed by atoms with Crippen LogP contribution in [-0.4, -0.2) is 25.8 Å². The third-order valence-electron chi connectivity index (χ3n) is 0. The predicted octanol–water partition coefficient (Wildman–Crippen LogP) is 0.885. The van der Waals surface area contributed by atoms with Crippen molar-refractivity contribution < 1.29 is 25.7 Å². The van der Waals surface area contributed by atoms with Crippen LogP contribution in [0.4, 0.5) is 0 Å². The summed E-state index contributed by atoms with van der Waals surface area (Å²) in [6, 6.07) is 0. The molecule has 0 aromatic heterocycles. The van der Waals surface area contributed by atoms with Crippen LogP contribution in [0, 0.1) is 25.7 Å². The molecule has 0 amide bonds. The fourth-order valence-corrected chi connectivity index (χ4v) is 0. The normalized spacial score (nSPS) is 5.40. The zero-order valence-corrected chi connectivity index (χ0v) is 7.60. The Morgan fingerprint density at radius 3 is 1.00 bits per heavy atom. The fourth-order valence-electron chi connectivity index (χ4n) is 0. The van der Waals surface area contributed by atoms with Gasteiger partial charge in [0.1, 0.15) is 0 Å². The topological polar surface area (TPSA) is 0 Å². The second-order valence-corrected chi connectivity index (χ2v) is 16.2. The van der Waals surface area contributed by atoms with Gasteiger partial charge in [-0.25, -0.2) is 0 Å². The molecule has 0 spiro atoms. The van der Waals surface area contributed by atoms with Gasteiger partial charge in [-0.15, -0.1) is 0 Å². The zero-order valence-electron chi connectivity index (χ0n) is 1.71. The second-order valence-electron chi connectivity index (χ2n) is 0.247. The molecular weight excluding hydrogens is 360 g/mol. The molecule has 0 atom stereocenters. The molecule has 0 fully saturated rings. The molecule has 0 aliphatic rings. The molecule has 30 valence electrons. The molecule has 0 aliphatic heterocycles.